The van der Waals surface area contributed by atoms with Gasteiger partial charge in [0.25, 0.3) is 0 Å². The molecular weight excluding hydrogens is 178 g/mol. The van der Waals surface area contributed by atoms with E-state index in [0.29, 0.717) is 18.9 Å². The van der Waals surface area contributed by atoms with E-state index < -0.39 is 0 Å². The van der Waals surface area contributed by atoms with Crippen molar-refractivity contribution in [3.63, 3.8) is 0 Å². The lowest BCUT2D eigenvalue weighted by Crippen LogP contribution is -2.46. The van der Waals surface area contributed by atoms with Gasteiger partial charge < -0.3 is 5.73 Å². The number of hydrazine groups is 1. The zero-order valence-electron chi connectivity index (χ0n) is 9.58. The molecule has 1 aliphatic heterocycles. The van der Waals surface area contributed by atoms with Gasteiger partial charge in [-0.2, -0.15) is 0 Å². The van der Waals surface area contributed by atoms with E-state index >= 15 is 0 Å². The molecule has 1 atom stereocenters. The van der Waals surface area contributed by atoms with E-state index in [-0.39, 0.29) is 11.4 Å². The summed E-state index contributed by atoms with van der Waals surface area (Å²) < 4.78 is 0. The van der Waals surface area contributed by atoms with Gasteiger partial charge in [0.2, 0.25) is 5.91 Å². The number of rotatable bonds is 3. The molecule has 4 nitrogen and oxygen atoms in total. The first-order chi connectivity index (χ1) is 6.38. The van der Waals surface area contributed by atoms with Crippen LogP contribution in [0.3, 0.4) is 0 Å². The molecule has 0 aromatic carbocycles. The van der Waals surface area contributed by atoms with Crippen molar-refractivity contribution in [3.05, 3.63) is 0 Å². The van der Waals surface area contributed by atoms with Crippen molar-refractivity contribution in [1.82, 2.24) is 10.0 Å². The van der Waals surface area contributed by atoms with Crippen molar-refractivity contribution in [2.75, 3.05) is 20.1 Å². The lowest BCUT2D eigenvalue weighted by Gasteiger charge is -2.34. The number of carbonyl (C=O) groups is 1. The van der Waals surface area contributed by atoms with Gasteiger partial charge in [0.15, 0.2) is 0 Å². The molecule has 4 heteroatoms. The van der Waals surface area contributed by atoms with Crippen LogP contribution >= 0.6 is 0 Å². The van der Waals surface area contributed by atoms with E-state index in [2.05, 4.69) is 20.8 Å². The maximum absolute atomic E-state index is 11.7. The monoisotopic (exact) mass is 199 g/mol. The second-order valence-electron chi connectivity index (χ2n) is 4.83. The highest BCUT2D eigenvalue weighted by Gasteiger charge is 2.41. The van der Waals surface area contributed by atoms with Gasteiger partial charge in [-0.1, -0.05) is 6.92 Å². The van der Waals surface area contributed by atoms with Crippen LogP contribution in [0.1, 0.15) is 27.2 Å². The molecule has 0 bridgehead atoms. The van der Waals surface area contributed by atoms with Gasteiger partial charge in [0.1, 0.15) is 0 Å². The molecule has 1 saturated heterocycles. The fourth-order valence-corrected chi connectivity index (χ4v) is 1.66. The number of hydrogen-bond donors (Lipinski definition) is 1. The van der Waals surface area contributed by atoms with Crippen molar-refractivity contribution in [1.29, 1.82) is 0 Å². The number of nitrogens with zero attached hydrogens (tertiary/aromatic N) is 2. The molecule has 0 saturated carbocycles. The maximum Gasteiger partial charge on any atom is 0.238 e. The van der Waals surface area contributed by atoms with Crippen LogP contribution < -0.4 is 5.73 Å². The highest BCUT2D eigenvalue weighted by molar-refractivity contribution is 5.79. The predicted molar refractivity (Wildman–Crippen MR) is 56.4 cm³/mol. The third-order valence-corrected chi connectivity index (χ3v) is 3.00. The van der Waals surface area contributed by atoms with Crippen LogP contribution in [0.25, 0.3) is 0 Å². The first kappa shape index (κ1) is 11.5. The Morgan fingerprint density at radius 1 is 1.57 bits per heavy atom. The molecule has 0 spiro atoms. The van der Waals surface area contributed by atoms with Gasteiger partial charge >= 0.3 is 0 Å². The average Bonchev–Trinajstić information content (AvgIpc) is 2.28. The highest BCUT2D eigenvalue weighted by atomic mass is 16.2. The zero-order valence-corrected chi connectivity index (χ0v) is 9.58. The minimum Gasteiger partial charge on any atom is -0.330 e. The Morgan fingerprint density at radius 3 is 2.50 bits per heavy atom. The third kappa shape index (κ3) is 2.07. The summed E-state index contributed by atoms with van der Waals surface area (Å²) in [5.41, 5.74) is 5.50. The minimum atomic E-state index is -0.0502. The number of carbonyl (C=O) groups excluding carboxylic acids is 1. The fraction of sp³-hybridized carbons (Fsp3) is 0.900. The largest absolute Gasteiger partial charge is 0.330 e. The topological polar surface area (TPSA) is 49.6 Å². The summed E-state index contributed by atoms with van der Waals surface area (Å²) in [5.74, 6) is 0.563. The van der Waals surface area contributed by atoms with E-state index in [0.717, 1.165) is 6.54 Å². The molecule has 1 fully saturated rings. The smallest absolute Gasteiger partial charge is 0.238 e. The van der Waals surface area contributed by atoms with Crippen molar-refractivity contribution in [3.8, 4) is 0 Å². The first-order valence-corrected chi connectivity index (χ1v) is 5.12. The Balaban J connectivity index is 2.66. The Bertz CT molecular complexity index is 227. The molecule has 0 aliphatic carbocycles. The molecule has 2 N–H and O–H groups in total. The van der Waals surface area contributed by atoms with Crippen molar-refractivity contribution < 1.29 is 4.79 Å². The van der Waals surface area contributed by atoms with Crippen molar-refractivity contribution in [2.45, 2.75) is 32.7 Å². The SMILES string of the molecule is CC(CN)CN1C(=O)CC(C)(C)N1C. The molecule has 1 amide bonds. The van der Waals surface area contributed by atoms with E-state index in [1.165, 1.54) is 0 Å². The average molecular weight is 199 g/mol. The minimum absolute atomic E-state index is 0.0502. The number of amides is 1. The summed E-state index contributed by atoms with van der Waals surface area (Å²) in [6, 6.07) is 0. The van der Waals surface area contributed by atoms with Crippen LogP contribution in [0.15, 0.2) is 0 Å². The molecule has 0 aromatic rings. The lowest BCUT2D eigenvalue weighted by molar-refractivity contribution is -0.139. The Kier molecular flexibility index (Phi) is 3.17. The van der Waals surface area contributed by atoms with Gasteiger partial charge in [-0.15, -0.1) is 0 Å². The standard InChI is InChI=1S/C10H21N3O/c1-8(6-11)7-13-9(14)5-10(2,3)12(13)4/h8H,5-7,11H2,1-4H3. The van der Waals surface area contributed by atoms with Crippen LogP contribution in [0.4, 0.5) is 0 Å². The fourth-order valence-electron chi connectivity index (χ4n) is 1.66. The molecule has 1 rings (SSSR count). The Labute approximate surface area is 86.0 Å². The van der Waals surface area contributed by atoms with Crippen LogP contribution in [-0.2, 0) is 4.79 Å². The highest BCUT2D eigenvalue weighted by Crippen LogP contribution is 2.28. The normalized spacial score (nSPS) is 24.4. The summed E-state index contributed by atoms with van der Waals surface area (Å²) in [7, 11) is 1.97. The van der Waals surface area contributed by atoms with E-state index in [1.807, 2.05) is 17.1 Å². The van der Waals surface area contributed by atoms with Gasteiger partial charge in [0, 0.05) is 25.6 Å². The molecule has 1 unspecified atom stereocenters. The van der Waals surface area contributed by atoms with Gasteiger partial charge in [-0.05, 0) is 26.3 Å². The number of hydrogen-bond acceptors (Lipinski definition) is 3. The molecule has 0 aromatic heterocycles. The first-order valence-electron chi connectivity index (χ1n) is 5.12. The van der Waals surface area contributed by atoms with Crippen LogP contribution in [0, 0.1) is 5.92 Å². The quantitative estimate of drug-likeness (QED) is 0.717. The van der Waals surface area contributed by atoms with Gasteiger partial charge in [-0.3, -0.25) is 9.80 Å². The third-order valence-electron chi connectivity index (χ3n) is 3.00. The van der Waals surface area contributed by atoms with Crippen LogP contribution in [-0.4, -0.2) is 41.6 Å². The summed E-state index contributed by atoms with van der Waals surface area (Å²) in [6.07, 6.45) is 0.598. The summed E-state index contributed by atoms with van der Waals surface area (Å²) in [6.45, 7) is 7.58. The second kappa shape index (κ2) is 3.87. The predicted octanol–water partition coefficient (Wildman–Crippen LogP) is 0.439. The van der Waals surface area contributed by atoms with E-state index in [4.69, 9.17) is 5.73 Å². The van der Waals surface area contributed by atoms with E-state index in [9.17, 15) is 4.79 Å². The molecule has 1 aliphatic rings. The van der Waals surface area contributed by atoms with E-state index in [1.54, 1.807) is 0 Å². The summed E-state index contributed by atoms with van der Waals surface area (Å²) in [4.78, 5) is 11.7. The van der Waals surface area contributed by atoms with Gasteiger partial charge in [-0.25, -0.2) is 5.01 Å². The van der Waals surface area contributed by atoms with Gasteiger partial charge in [0.05, 0.1) is 0 Å². The van der Waals surface area contributed by atoms with Crippen molar-refractivity contribution >= 4 is 5.91 Å². The zero-order chi connectivity index (χ0) is 10.9. The maximum atomic E-state index is 11.7. The Morgan fingerprint density at radius 2 is 2.14 bits per heavy atom. The summed E-state index contributed by atoms with van der Waals surface area (Å²) in [5, 5.41) is 3.85. The Hall–Kier alpha value is -0.610. The molecule has 1 heterocycles. The molecular formula is C10H21N3O. The molecule has 82 valence electrons. The number of nitrogens with two attached hydrogens (primary N) is 1. The van der Waals surface area contributed by atoms with Crippen molar-refractivity contribution in [2.24, 2.45) is 11.7 Å². The summed E-state index contributed by atoms with van der Waals surface area (Å²) >= 11 is 0. The lowest BCUT2D eigenvalue weighted by atomic mass is 10.0. The van der Waals surface area contributed by atoms with Crippen LogP contribution in [0.2, 0.25) is 0 Å². The molecule has 14 heavy (non-hydrogen) atoms. The van der Waals surface area contributed by atoms with Crippen LogP contribution in [0.5, 0.6) is 0 Å². The second-order valence-corrected chi connectivity index (χ2v) is 4.83. The molecule has 0 radical (unpaired) electrons.